The zero-order chi connectivity index (χ0) is 16.9. The summed E-state index contributed by atoms with van der Waals surface area (Å²) in [4.78, 5) is 1.34. The van der Waals surface area contributed by atoms with Crippen LogP contribution in [0.2, 0.25) is 0 Å². The average molecular weight is 334 g/mol. The van der Waals surface area contributed by atoms with Gasteiger partial charge in [0.25, 0.3) is 0 Å². The molecule has 0 spiro atoms. The molecule has 23 heavy (non-hydrogen) atoms. The lowest BCUT2D eigenvalue weighted by atomic mass is 9.65. The second-order valence-electron chi connectivity index (χ2n) is 9.12. The van der Waals surface area contributed by atoms with Gasteiger partial charge in [-0.15, -0.1) is 0 Å². The summed E-state index contributed by atoms with van der Waals surface area (Å²) in [5, 5.41) is 0. The molecule has 0 radical (unpaired) electrons. The molecule has 0 aromatic heterocycles. The second kappa shape index (κ2) is 5.79. The summed E-state index contributed by atoms with van der Waals surface area (Å²) in [6.45, 7) is 12.8. The Labute approximate surface area is 146 Å². The first-order valence-corrected chi connectivity index (χ1v) is 9.50. The molecule has 2 atom stereocenters. The van der Waals surface area contributed by atoms with Crippen LogP contribution >= 0.6 is 11.9 Å². The molecular formula is C20H31NOS. The zero-order valence-corrected chi connectivity index (χ0v) is 16.3. The number of hydrogen-bond acceptors (Lipinski definition) is 3. The Hall–Kier alpha value is -0.510. The van der Waals surface area contributed by atoms with Crippen LogP contribution in [0.5, 0.6) is 0 Å². The largest absolute Gasteiger partial charge is 0.374 e. The quantitative estimate of drug-likeness (QED) is 0.677. The number of fused-ring (bicyclic) bond motifs is 2. The molecule has 1 heterocycles. The standard InChI is InChI=1S/C20H31NOS/c1-18(2)11-16-12-20(5,13-18)14-21(16)23-17-9-7-15(8-10-17)19(3,4)22-6/h7-10,16H,11-14H2,1-6H3. The molecule has 1 aliphatic carbocycles. The Kier molecular flexibility index (Phi) is 4.36. The molecular weight excluding hydrogens is 302 g/mol. The van der Waals surface area contributed by atoms with E-state index in [0.717, 1.165) is 6.04 Å². The molecule has 2 nitrogen and oxygen atoms in total. The molecule has 0 N–H and O–H groups in total. The number of hydrogen-bond donors (Lipinski definition) is 0. The van der Waals surface area contributed by atoms with Crippen molar-refractivity contribution in [1.29, 1.82) is 0 Å². The van der Waals surface area contributed by atoms with Gasteiger partial charge in [0.1, 0.15) is 0 Å². The van der Waals surface area contributed by atoms with Crippen LogP contribution in [0.3, 0.4) is 0 Å². The highest BCUT2D eigenvalue weighted by Gasteiger charge is 2.49. The fraction of sp³-hybridized carbons (Fsp3) is 0.700. The van der Waals surface area contributed by atoms with Gasteiger partial charge < -0.3 is 4.74 Å². The van der Waals surface area contributed by atoms with Gasteiger partial charge in [-0.05, 0) is 73.6 Å². The van der Waals surface area contributed by atoms with Crippen LogP contribution in [0, 0.1) is 10.8 Å². The first-order valence-electron chi connectivity index (χ1n) is 8.73. The van der Waals surface area contributed by atoms with Gasteiger partial charge in [0.05, 0.1) is 5.60 Å². The van der Waals surface area contributed by atoms with Crippen molar-refractivity contribution in [2.45, 2.75) is 70.4 Å². The van der Waals surface area contributed by atoms with E-state index < -0.39 is 0 Å². The van der Waals surface area contributed by atoms with Gasteiger partial charge >= 0.3 is 0 Å². The predicted octanol–water partition coefficient (Wildman–Crippen LogP) is 5.48. The van der Waals surface area contributed by atoms with Crippen molar-refractivity contribution in [3.05, 3.63) is 29.8 Å². The molecule has 3 heteroatoms. The maximum atomic E-state index is 5.57. The summed E-state index contributed by atoms with van der Waals surface area (Å²) < 4.78 is 8.22. The Bertz CT molecular complexity index is 566. The van der Waals surface area contributed by atoms with Gasteiger partial charge in [-0.3, -0.25) is 0 Å². The first-order chi connectivity index (χ1) is 10.6. The summed E-state index contributed by atoms with van der Waals surface area (Å²) in [7, 11) is 1.77. The van der Waals surface area contributed by atoms with Gasteiger partial charge in [0.2, 0.25) is 0 Å². The predicted molar refractivity (Wildman–Crippen MR) is 98.6 cm³/mol. The van der Waals surface area contributed by atoms with Gasteiger partial charge in [-0.25, -0.2) is 4.31 Å². The number of ether oxygens (including phenoxy) is 1. The third-order valence-corrected chi connectivity index (χ3v) is 6.79. The Morgan fingerprint density at radius 1 is 1.13 bits per heavy atom. The Balaban J connectivity index is 1.71. The molecule has 0 amide bonds. The number of benzene rings is 1. The summed E-state index contributed by atoms with van der Waals surface area (Å²) >= 11 is 1.95. The smallest absolute Gasteiger partial charge is 0.0871 e. The van der Waals surface area contributed by atoms with Gasteiger partial charge in [0, 0.05) is 24.6 Å². The lowest BCUT2D eigenvalue weighted by Crippen LogP contribution is -2.33. The van der Waals surface area contributed by atoms with Crippen LogP contribution in [0.4, 0.5) is 0 Å². The van der Waals surface area contributed by atoms with E-state index in [1.54, 1.807) is 7.11 Å². The maximum Gasteiger partial charge on any atom is 0.0871 e. The highest BCUT2D eigenvalue weighted by atomic mass is 32.2. The fourth-order valence-electron chi connectivity index (χ4n) is 4.69. The number of rotatable bonds is 4. The minimum atomic E-state index is -0.217. The molecule has 2 fully saturated rings. The average Bonchev–Trinajstić information content (AvgIpc) is 2.68. The monoisotopic (exact) mass is 333 g/mol. The topological polar surface area (TPSA) is 12.5 Å². The molecule has 128 valence electrons. The maximum absolute atomic E-state index is 5.57. The first kappa shape index (κ1) is 17.3. The van der Waals surface area contributed by atoms with E-state index in [4.69, 9.17) is 4.74 Å². The summed E-state index contributed by atoms with van der Waals surface area (Å²) in [6.07, 6.45) is 4.04. The highest BCUT2D eigenvalue weighted by molar-refractivity contribution is 7.97. The number of methoxy groups -OCH3 is 1. The van der Waals surface area contributed by atoms with Gasteiger partial charge in [-0.2, -0.15) is 0 Å². The molecule has 1 aliphatic heterocycles. The molecule has 2 bridgehead atoms. The van der Waals surface area contributed by atoms with Crippen LogP contribution in [0.15, 0.2) is 29.2 Å². The van der Waals surface area contributed by atoms with Crippen molar-refractivity contribution in [2.75, 3.05) is 13.7 Å². The van der Waals surface area contributed by atoms with Crippen molar-refractivity contribution in [2.24, 2.45) is 10.8 Å². The number of nitrogens with zero attached hydrogens (tertiary/aromatic N) is 1. The van der Waals surface area contributed by atoms with E-state index in [1.165, 1.54) is 36.3 Å². The van der Waals surface area contributed by atoms with E-state index in [2.05, 4.69) is 63.2 Å². The normalized spacial score (nSPS) is 30.6. The molecule has 1 aromatic carbocycles. The molecule has 2 unspecified atom stereocenters. The van der Waals surface area contributed by atoms with E-state index in [-0.39, 0.29) is 5.60 Å². The van der Waals surface area contributed by atoms with E-state index >= 15 is 0 Å². The second-order valence-corrected chi connectivity index (χ2v) is 10.2. The summed E-state index contributed by atoms with van der Waals surface area (Å²) in [5.41, 5.74) is 2.00. The molecule has 1 saturated carbocycles. The highest BCUT2D eigenvalue weighted by Crippen LogP contribution is 2.54. The van der Waals surface area contributed by atoms with Crippen LogP contribution in [0.1, 0.15) is 59.4 Å². The van der Waals surface area contributed by atoms with Crippen molar-refractivity contribution >= 4 is 11.9 Å². The van der Waals surface area contributed by atoms with Crippen molar-refractivity contribution in [1.82, 2.24) is 4.31 Å². The van der Waals surface area contributed by atoms with Crippen LogP contribution < -0.4 is 0 Å². The third-order valence-electron chi connectivity index (χ3n) is 5.65. The minimum Gasteiger partial charge on any atom is -0.374 e. The van der Waals surface area contributed by atoms with Crippen molar-refractivity contribution in [3.63, 3.8) is 0 Å². The molecule has 3 rings (SSSR count). The zero-order valence-electron chi connectivity index (χ0n) is 15.5. The van der Waals surface area contributed by atoms with Crippen molar-refractivity contribution < 1.29 is 4.74 Å². The van der Waals surface area contributed by atoms with E-state index in [9.17, 15) is 0 Å². The lowest BCUT2D eigenvalue weighted by molar-refractivity contribution is 0.0192. The van der Waals surface area contributed by atoms with Gasteiger partial charge in [-0.1, -0.05) is 32.9 Å². The SMILES string of the molecule is COC(C)(C)c1ccc(SN2CC3(C)CC2CC(C)(C)C3)cc1. The summed E-state index contributed by atoms with van der Waals surface area (Å²) in [6, 6.07) is 9.63. The van der Waals surface area contributed by atoms with Crippen LogP contribution in [-0.4, -0.2) is 24.0 Å². The Morgan fingerprint density at radius 3 is 2.39 bits per heavy atom. The van der Waals surface area contributed by atoms with Gasteiger partial charge in [0.15, 0.2) is 0 Å². The fourth-order valence-corrected chi connectivity index (χ4v) is 5.89. The minimum absolute atomic E-state index is 0.217. The Morgan fingerprint density at radius 2 is 1.78 bits per heavy atom. The van der Waals surface area contributed by atoms with E-state index in [0.29, 0.717) is 10.8 Å². The molecule has 1 aromatic rings. The van der Waals surface area contributed by atoms with Crippen LogP contribution in [0.25, 0.3) is 0 Å². The van der Waals surface area contributed by atoms with E-state index in [1.807, 2.05) is 11.9 Å². The van der Waals surface area contributed by atoms with Crippen LogP contribution in [-0.2, 0) is 10.3 Å². The van der Waals surface area contributed by atoms with Crippen molar-refractivity contribution in [3.8, 4) is 0 Å². The lowest BCUT2D eigenvalue weighted by Gasteiger charge is -2.39. The third kappa shape index (κ3) is 3.62. The molecule has 1 saturated heterocycles. The summed E-state index contributed by atoms with van der Waals surface area (Å²) in [5.74, 6) is 0. The molecule has 2 aliphatic rings.